The minimum atomic E-state index is -3.69. The molecule has 0 spiro atoms. The molecule has 0 amide bonds. The maximum Gasteiger partial charge on any atom is 0.312 e. The SMILES string of the molecule is CC(COc1c([N+](=O)[O-])ccc(F)c1Cl)OS(C)(=O)=O. The van der Waals surface area contributed by atoms with Crippen LogP contribution in [0.3, 0.4) is 0 Å². The molecule has 7 nitrogen and oxygen atoms in total. The average Bonchev–Trinajstić information content (AvgIpc) is 2.28. The first-order valence-electron chi connectivity index (χ1n) is 5.25. The van der Waals surface area contributed by atoms with Crippen molar-refractivity contribution in [1.29, 1.82) is 0 Å². The van der Waals surface area contributed by atoms with Crippen LogP contribution in [0.5, 0.6) is 5.75 Å². The van der Waals surface area contributed by atoms with E-state index in [1.54, 1.807) is 0 Å². The van der Waals surface area contributed by atoms with E-state index in [0.717, 1.165) is 18.4 Å². The Hall–Kier alpha value is -1.45. The van der Waals surface area contributed by atoms with Gasteiger partial charge >= 0.3 is 5.69 Å². The third-order valence-corrected chi connectivity index (χ3v) is 3.06. The van der Waals surface area contributed by atoms with Crippen LogP contribution in [0.4, 0.5) is 10.1 Å². The summed E-state index contributed by atoms with van der Waals surface area (Å²) in [4.78, 5) is 9.99. The number of rotatable bonds is 6. The molecule has 1 aromatic carbocycles. The molecule has 0 N–H and O–H groups in total. The summed E-state index contributed by atoms with van der Waals surface area (Å²) in [5.74, 6) is -1.36. The molecule has 0 radical (unpaired) electrons. The molecule has 0 saturated carbocycles. The standard InChI is InChI=1S/C10H11ClFNO6S/c1-6(19-20(2,16)17)5-18-10-8(13(14)15)4-3-7(12)9(10)11/h3-4,6H,5H2,1-2H3. The van der Waals surface area contributed by atoms with Gasteiger partial charge in [-0.1, -0.05) is 11.6 Å². The fraction of sp³-hybridized carbons (Fsp3) is 0.400. The summed E-state index contributed by atoms with van der Waals surface area (Å²) >= 11 is 5.60. The molecule has 112 valence electrons. The molecule has 0 saturated heterocycles. The summed E-state index contributed by atoms with van der Waals surface area (Å²) in [5, 5.41) is 10.2. The Morgan fingerprint density at radius 2 is 2.10 bits per heavy atom. The predicted octanol–water partition coefficient (Wildman–Crippen LogP) is 2.13. The Labute approximate surface area is 119 Å². The second-order valence-corrected chi connectivity index (χ2v) is 5.87. The van der Waals surface area contributed by atoms with E-state index in [0.29, 0.717) is 0 Å². The van der Waals surface area contributed by atoms with Crippen molar-refractivity contribution in [2.24, 2.45) is 0 Å². The van der Waals surface area contributed by atoms with Crippen molar-refractivity contribution in [2.45, 2.75) is 13.0 Å². The first-order valence-corrected chi connectivity index (χ1v) is 7.44. The zero-order valence-corrected chi connectivity index (χ0v) is 12.1. The van der Waals surface area contributed by atoms with Crippen molar-refractivity contribution in [3.05, 3.63) is 33.1 Å². The van der Waals surface area contributed by atoms with E-state index in [-0.39, 0.29) is 6.61 Å². The Kier molecular flexibility index (Phi) is 5.26. The van der Waals surface area contributed by atoms with Crippen LogP contribution in [-0.4, -0.2) is 32.3 Å². The van der Waals surface area contributed by atoms with E-state index in [1.165, 1.54) is 6.92 Å². The molecule has 0 aliphatic heterocycles. The van der Waals surface area contributed by atoms with Crippen molar-refractivity contribution in [2.75, 3.05) is 12.9 Å². The van der Waals surface area contributed by atoms with Crippen molar-refractivity contribution in [1.82, 2.24) is 0 Å². The minimum absolute atomic E-state index is 0.350. The van der Waals surface area contributed by atoms with Crippen LogP contribution in [0.25, 0.3) is 0 Å². The minimum Gasteiger partial charge on any atom is -0.483 e. The van der Waals surface area contributed by atoms with E-state index in [1.807, 2.05) is 0 Å². The van der Waals surface area contributed by atoms with Crippen LogP contribution < -0.4 is 4.74 Å². The summed E-state index contributed by atoms with van der Waals surface area (Å²) in [7, 11) is -3.69. The third kappa shape index (κ3) is 4.58. The molecule has 0 fully saturated rings. The predicted molar refractivity (Wildman–Crippen MR) is 69.0 cm³/mol. The zero-order valence-electron chi connectivity index (χ0n) is 10.5. The van der Waals surface area contributed by atoms with Gasteiger partial charge in [0.25, 0.3) is 10.1 Å². The van der Waals surface area contributed by atoms with Gasteiger partial charge in [-0.05, 0) is 13.0 Å². The molecule has 0 heterocycles. The summed E-state index contributed by atoms with van der Waals surface area (Å²) in [6.07, 6.45) is -0.0647. The number of hydrogen-bond donors (Lipinski definition) is 0. The summed E-state index contributed by atoms with van der Waals surface area (Å²) < 4.78 is 44.6. The fourth-order valence-corrected chi connectivity index (χ4v) is 2.20. The maximum absolute atomic E-state index is 13.3. The molecule has 0 aromatic heterocycles. The molecule has 1 aromatic rings. The summed E-state index contributed by atoms with van der Waals surface area (Å²) in [5.41, 5.74) is -0.525. The van der Waals surface area contributed by atoms with Gasteiger partial charge in [-0.15, -0.1) is 0 Å². The van der Waals surface area contributed by atoms with E-state index in [2.05, 4.69) is 4.18 Å². The van der Waals surface area contributed by atoms with E-state index in [9.17, 15) is 22.9 Å². The van der Waals surface area contributed by atoms with Crippen LogP contribution in [0.15, 0.2) is 12.1 Å². The van der Waals surface area contributed by atoms with E-state index >= 15 is 0 Å². The van der Waals surface area contributed by atoms with Gasteiger partial charge in [-0.3, -0.25) is 14.3 Å². The van der Waals surface area contributed by atoms with Crippen molar-refractivity contribution >= 4 is 27.4 Å². The Morgan fingerprint density at radius 1 is 1.50 bits per heavy atom. The van der Waals surface area contributed by atoms with Crippen LogP contribution in [0, 0.1) is 15.9 Å². The third-order valence-electron chi connectivity index (χ3n) is 2.03. The van der Waals surface area contributed by atoms with Gasteiger partial charge in [0, 0.05) is 6.07 Å². The van der Waals surface area contributed by atoms with Crippen LogP contribution in [0.2, 0.25) is 5.02 Å². The highest BCUT2D eigenvalue weighted by atomic mass is 35.5. The van der Waals surface area contributed by atoms with E-state index < -0.39 is 43.4 Å². The molecule has 10 heteroatoms. The molecule has 0 aliphatic rings. The maximum atomic E-state index is 13.3. The molecule has 1 rings (SSSR count). The van der Waals surface area contributed by atoms with Gasteiger partial charge in [0.1, 0.15) is 23.6 Å². The zero-order chi connectivity index (χ0) is 15.5. The Balaban J connectivity index is 2.92. The van der Waals surface area contributed by atoms with Gasteiger partial charge in [0.15, 0.2) is 0 Å². The summed E-state index contributed by atoms with van der Waals surface area (Å²) in [6, 6.07) is 1.74. The quantitative estimate of drug-likeness (QED) is 0.451. The lowest BCUT2D eigenvalue weighted by Crippen LogP contribution is -2.21. The molecule has 1 unspecified atom stereocenters. The van der Waals surface area contributed by atoms with Gasteiger partial charge in [-0.2, -0.15) is 8.42 Å². The van der Waals surface area contributed by atoms with Gasteiger partial charge in [-0.25, -0.2) is 4.39 Å². The smallest absolute Gasteiger partial charge is 0.312 e. The number of nitrogens with zero attached hydrogens (tertiary/aromatic N) is 1. The topological polar surface area (TPSA) is 95.7 Å². The van der Waals surface area contributed by atoms with Crippen molar-refractivity contribution < 1.29 is 26.7 Å². The number of nitro groups is 1. The molecule has 0 aliphatic carbocycles. The first-order chi connectivity index (χ1) is 9.11. The Bertz CT molecular complexity index is 620. The van der Waals surface area contributed by atoms with Crippen LogP contribution in [0.1, 0.15) is 6.92 Å². The van der Waals surface area contributed by atoms with Crippen molar-refractivity contribution in [3.63, 3.8) is 0 Å². The number of halogens is 2. The summed E-state index contributed by atoms with van der Waals surface area (Å²) in [6.45, 7) is 1.02. The lowest BCUT2D eigenvalue weighted by atomic mass is 10.3. The second kappa shape index (κ2) is 6.33. The van der Waals surface area contributed by atoms with Crippen molar-refractivity contribution in [3.8, 4) is 5.75 Å². The largest absolute Gasteiger partial charge is 0.483 e. The Morgan fingerprint density at radius 3 is 2.60 bits per heavy atom. The van der Waals surface area contributed by atoms with Gasteiger partial charge < -0.3 is 4.74 Å². The van der Waals surface area contributed by atoms with Gasteiger partial charge in [0.2, 0.25) is 5.75 Å². The molecule has 0 bridgehead atoms. The lowest BCUT2D eigenvalue weighted by molar-refractivity contribution is -0.385. The molecular formula is C10H11ClFNO6S. The average molecular weight is 328 g/mol. The number of benzene rings is 1. The molecule has 20 heavy (non-hydrogen) atoms. The number of hydrogen-bond acceptors (Lipinski definition) is 6. The first kappa shape index (κ1) is 16.6. The highest BCUT2D eigenvalue weighted by molar-refractivity contribution is 7.86. The van der Waals surface area contributed by atoms with Crippen LogP contribution in [-0.2, 0) is 14.3 Å². The number of ether oxygens (including phenoxy) is 1. The number of nitro benzene ring substituents is 1. The van der Waals surface area contributed by atoms with Gasteiger partial charge in [0.05, 0.1) is 11.2 Å². The normalized spacial score (nSPS) is 13.0. The second-order valence-electron chi connectivity index (χ2n) is 3.89. The van der Waals surface area contributed by atoms with Crippen LogP contribution >= 0.6 is 11.6 Å². The highest BCUT2D eigenvalue weighted by Gasteiger charge is 2.23. The molecule has 1 atom stereocenters. The fourth-order valence-electron chi connectivity index (χ4n) is 1.33. The lowest BCUT2D eigenvalue weighted by Gasteiger charge is -2.13. The van der Waals surface area contributed by atoms with E-state index in [4.69, 9.17) is 16.3 Å². The highest BCUT2D eigenvalue weighted by Crippen LogP contribution is 2.36. The molecular weight excluding hydrogens is 317 g/mol. The monoisotopic (exact) mass is 327 g/mol.